The van der Waals surface area contributed by atoms with E-state index in [9.17, 15) is 21.6 Å². The average molecular weight is 482 g/mol. The van der Waals surface area contributed by atoms with E-state index in [1.54, 1.807) is 30.3 Å². The van der Waals surface area contributed by atoms with Crippen molar-refractivity contribution in [2.24, 2.45) is 0 Å². The Labute approximate surface area is 189 Å². The summed E-state index contributed by atoms with van der Waals surface area (Å²) in [5, 5.41) is 2.60. The Morgan fingerprint density at radius 3 is 2.28 bits per heavy atom. The van der Waals surface area contributed by atoms with Gasteiger partial charge in [0.05, 0.1) is 19.1 Å². The van der Waals surface area contributed by atoms with Gasteiger partial charge in [0, 0.05) is 18.8 Å². The van der Waals surface area contributed by atoms with Crippen molar-refractivity contribution >= 4 is 37.3 Å². The molecule has 1 heterocycles. The predicted octanol–water partition coefficient (Wildman–Crippen LogP) is 2.27. The molecule has 1 aliphatic heterocycles. The van der Waals surface area contributed by atoms with E-state index in [4.69, 9.17) is 4.74 Å². The molecule has 0 unspecified atom stereocenters. The van der Waals surface area contributed by atoms with Crippen LogP contribution in [0.5, 0.6) is 5.75 Å². The fourth-order valence-electron chi connectivity index (χ4n) is 3.53. The molecule has 1 aliphatic rings. The number of nitrogens with zero attached hydrogens (tertiary/aromatic N) is 2. The summed E-state index contributed by atoms with van der Waals surface area (Å²) >= 11 is 0. The molecule has 174 valence electrons. The number of benzene rings is 2. The summed E-state index contributed by atoms with van der Waals surface area (Å²) in [4.78, 5) is 12.6. The number of piperidine rings is 1. The van der Waals surface area contributed by atoms with Gasteiger partial charge in [0.1, 0.15) is 17.2 Å². The van der Waals surface area contributed by atoms with Crippen LogP contribution in [0, 0.1) is 0 Å². The van der Waals surface area contributed by atoms with Gasteiger partial charge < -0.3 is 10.1 Å². The van der Waals surface area contributed by atoms with Gasteiger partial charge in [0.2, 0.25) is 26.0 Å². The highest BCUT2D eigenvalue weighted by Crippen LogP contribution is 2.31. The number of ether oxygens (including phenoxy) is 1. The second-order valence-corrected chi connectivity index (χ2v) is 11.3. The largest absolute Gasteiger partial charge is 0.495 e. The number of rotatable bonds is 8. The van der Waals surface area contributed by atoms with E-state index in [-0.39, 0.29) is 16.3 Å². The van der Waals surface area contributed by atoms with Crippen LogP contribution in [0.4, 0.5) is 11.4 Å². The molecule has 1 fully saturated rings. The Morgan fingerprint density at radius 2 is 1.69 bits per heavy atom. The molecule has 1 saturated heterocycles. The zero-order valence-corrected chi connectivity index (χ0v) is 19.7. The van der Waals surface area contributed by atoms with Crippen LogP contribution in [0.1, 0.15) is 19.3 Å². The Bertz CT molecular complexity index is 1160. The highest BCUT2D eigenvalue weighted by molar-refractivity contribution is 7.92. The number of amides is 1. The lowest BCUT2D eigenvalue weighted by molar-refractivity contribution is -0.114. The Hall–Kier alpha value is -2.63. The van der Waals surface area contributed by atoms with Gasteiger partial charge in [-0.2, -0.15) is 4.31 Å². The van der Waals surface area contributed by atoms with E-state index in [1.807, 2.05) is 0 Å². The molecule has 2 aromatic rings. The van der Waals surface area contributed by atoms with E-state index in [0.717, 1.165) is 29.8 Å². The third-order valence-corrected chi connectivity index (χ3v) is 8.17. The van der Waals surface area contributed by atoms with Gasteiger partial charge in [-0.25, -0.2) is 16.8 Å². The summed E-state index contributed by atoms with van der Waals surface area (Å²) in [5.74, 6) is -0.429. The van der Waals surface area contributed by atoms with E-state index in [2.05, 4.69) is 5.32 Å². The molecule has 3 rings (SSSR count). The highest BCUT2D eigenvalue weighted by Gasteiger charge is 2.29. The van der Waals surface area contributed by atoms with Gasteiger partial charge >= 0.3 is 0 Å². The third kappa shape index (κ3) is 5.59. The van der Waals surface area contributed by atoms with Crippen LogP contribution < -0.4 is 14.4 Å². The molecule has 0 radical (unpaired) electrons. The number of hydrogen-bond donors (Lipinski definition) is 1. The van der Waals surface area contributed by atoms with Crippen molar-refractivity contribution in [1.29, 1.82) is 0 Å². The lowest BCUT2D eigenvalue weighted by Gasteiger charge is -2.26. The quantitative estimate of drug-likeness (QED) is 0.619. The number of para-hydroxylation sites is 1. The number of carbonyl (C=O) groups excluding carboxylic acids is 1. The van der Waals surface area contributed by atoms with Crippen LogP contribution in [0.15, 0.2) is 53.4 Å². The smallest absolute Gasteiger partial charge is 0.246 e. The van der Waals surface area contributed by atoms with Crippen LogP contribution in [-0.2, 0) is 24.8 Å². The van der Waals surface area contributed by atoms with Gasteiger partial charge in [-0.05, 0) is 43.2 Å². The minimum Gasteiger partial charge on any atom is -0.495 e. The second-order valence-electron chi connectivity index (χ2n) is 7.48. The van der Waals surface area contributed by atoms with Crippen molar-refractivity contribution in [3.63, 3.8) is 0 Å². The molecule has 0 aliphatic carbocycles. The predicted molar refractivity (Wildman–Crippen MR) is 123 cm³/mol. The minimum atomic E-state index is -3.80. The first-order chi connectivity index (χ1) is 15.1. The zero-order chi connectivity index (χ0) is 23.4. The Morgan fingerprint density at radius 1 is 1.03 bits per heavy atom. The van der Waals surface area contributed by atoms with Gasteiger partial charge in [-0.3, -0.25) is 9.10 Å². The third-order valence-electron chi connectivity index (χ3n) is 5.11. The monoisotopic (exact) mass is 481 g/mol. The average Bonchev–Trinajstić information content (AvgIpc) is 2.78. The summed E-state index contributed by atoms with van der Waals surface area (Å²) in [6.07, 6.45) is 3.58. The maximum absolute atomic E-state index is 13.1. The number of methoxy groups -OCH3 is 1. The first-order valence-electron chi connectivity index (χ1n) is 10.1. The van der Waals surface area contributed by atoms with Crippen molar-refractivity contribution in [3.05, 3.63) is 48.5 Å². The fourth-order valence-corrected chi connectivity index (χ4v) is 6.08. The van der Waals surface area contributed by atoms with Crippen molar-refractivity contribution < 1.29 is 26.4 Å². The van der Waals surface area contributed by atoms with E-state index in [1.165, 1.54) is 29.6 Å². The lowest BCUT2D eigenvalue weighted by atomic mass is 10.2. The molecule has 0 aromatic heterocycles. The van der Waals surface area contributed by atoms with Crippen molar-refractivity contribution in [3.8, 4) is 5.75 Å². The number of sulfonamides is 2. The molecular weight excluding hydrogens is 454 g/mol. The summed E-state index contributed by atoms with van der Waals surface area (Å²) in [5.41, 5.74) is 0.584. The van der Waals surface area contributed by atoms with Crippen LogP contribution in [0.25, 0.3) is 0 Å². The Balaban J connectivity index is 1.84. The molecule has 2 aromatic carbocycles. The Kier molecular flexibility index (Phi) is 7.42. The highest BCUT2D eigenvalue weighted by atomic mass is 32.2. The van der Waals surface area contributed by atoms with Crippen LogP contribution in [0.2, 0.25) is 0 Å². The van der Waals surface area contributed by atoms with Crippen LogP contribution in [0.3, 0.4) is 0 Å². The van der Waals surface area contributed by atoms with E-state index < -0.39 is 32.5 Å². The van der Waals surface area contributed by atoms with Gasteiger partial charge in [0.15, 0.2) is 0 Å². The molecule has 0 saturated carbocycles. The lowest BCUT2D eigenvalue weighted by Crippen LogP contribution is -2.37. The van der Waals surface area contributed by atoms with E-state index in [0.29, 0.717) is 18.8 Å². The fraction of sp³-hybridized carbons (Fsp3) is 0.381. The number of hydrogen-bond acceptors (Lipinski definition) is 6. The van der Waals surface area contributed by atoms with E-state index >= 15 is 0 Å². The topological polar surface area (TPSA) is 113 Å². The summed E-state index contributed by atoms with van der Waals surface area (Å²) in [6, 6.07) is 12.6. The molecule has 11 heteroatoms. The van der Waals surface area contributed by atoms with Gasteiger partial charge in [-0.15, -0.1) is 0 Å². The summed E-state index contributed by atoms with van der Waals surface area (Å²) in [6.45, 7) is 0.411. The maximum atomic E-state index is 13.1. The molecular formula is C21H27N3O6S2. The van der Waals surface area contributed by atoms with Crippen molar-refractivity contribution in [2.45, 2.75) is 24.2 Å². The first kappa shape index (κ1) is 24.0. The molecule has 1 N–H and O–H groups in total. The number of nitrogens with one attached hydrogen (secondary N) is 1. The van der Waals surface area contributed by atoms with Crippen molar-refractivity contribution in [1.82, 2.24) is 4.31 Å². The normalized spacial score (nSPS) is 15.2. The first-order valence-corrected chi connectivity index (χ1v) is 13.4. The molecule has 0 atom stereocenters. The molecule has 32 heavy (non-hydrogen) atoms. The minimum absolute atomic E-state index is 0.0391. The maximum Gasteiger partial charge on any atom is 0.246 e. The number of carbonyl (C=O) groups is 1. The molecule has 1 amide bonds. The SMILES string of the molecule is COc1ccc(NC(=O)CN(c2ccccc2)S(C)(=O)=O)cc1S(=O)(=O)N1CCCCC1. The molecule has 0 spiro atoms. The second kappa shape index (κ2) is 9.88. The standard InChI is InChI=1S/C21H27N3O6S2/c1-30-19-12-11-17(15-20(19)32(28,29)23-13-7-4-8-14-23)22-21(25)16-24(31(2,26)27)18-9-5-3-6-10-18/h3,5-6,9-12,15H,4,7-8,13-14,16H2,1-2H3,(H,22,25). The summed E-state index contributed by atoms with van der Waals surface area (Å²) < 4.78 is 58.4. The zero-order valence-electron chi connectivity index (χ0n) is 18.0. The van der Waals surface area contributed by atoms with Crippen LogP contribution in [-0.4, -0.2) is 60.0 Å². The molecule has 0 bridgehead atoms. The van der Waals surface area contributed by atoms with Crippen LogP contribution >= 0.6 is 0 Å². The van der Waals surface area contributed by atoms with Gasteiger partial charge in [-0.1, -0.05) is 24.6 Å². The van der Waals surface area contributed by atoms with Gasteiger partial charge in [0.25, 0.3) is 0 Å². The molecule has 9 nitrogen and oxygen atoms in total. The van der Waals surface area contributed by atoms with Crippen molar-refractivity contribution in [2.75, 3.05) is 42.6 Å². The summed E-state index contributed by atoms with van der Waals surface area (Å²) in [7, 11) is -6.13. The number of anilines is 2.